The van der Waals surface area contributed by atoms with E-state index in [9.17, 15) is 24.9 Å². The van der Waals surface area contributed by atoms with Gasteiger partial charge in [-0.3, -0.25) is 14.3 Å². The SMILES string of the molecule is Cc1ccc(OCC(O)Cn2c(NN=Cc3ccc(O)cc3O)nc3c2c(=O)[nH]c(=O)n3C)cc1. The quantitative estimate of drug-likeness (QED) is 0.184. The van der Waals surface area contributed by atoms with Gasteiger partial charge in [-0.15, -0.1) is 0 Å². The van der Waals surface area contributed by atoms with Gasteiger partial charge in [-0.1, -0.05) is 17.7 Å². The van der Waals surface area contributed by atoms with Crippen LogP contribution in [0.25, 0.3) is 11.2 Å². The Hall–Kier alpha value is -4.58. The van der Waals surface area contributed by atoms with Crippen molar-refractivity contribution in [3.63, 3.8) is 0 Å². The van der Waals surface area contributed by atoms with Crippen molar-refractivity contribution in [3.8, 4) is 17.2 Å². The number of H-pyrrole nitrogens is 1. The number of ether oxygens (including phenoxy) is 1. The summed E-state index contributed by atoms with van der Waals surface area (Å²) in [5, 5.41) is 34.0. The van der Waals surface area contributed by atoms with Gasteiger partial charge in [-0.2, -0.15) is 10.1 Å². The van der Waals surface area contributed by atoms with Gasteiger partial charge in [0.15, 0.2) is 11.2 Å². The minimum Gasteiger partial charge on any atom is -0.508 e. The molecule has 5 N–H and O–H groups in total. The number of aliphatic hydroxyl groups is 1. The van der Waals surface area contributed by atoms with E-state index < -0.39 is 17.4 Å². The van der Waals surface area contributed by atoms with E-state index in [1.807, 2.05) is 19.1 Å². The van der Waals surface area contributed by atoms with Gasteiger partial charge < -0.3 is 24.6 Å². The van der Waals surface area contributed by atoms with E-state index in [4.69, 9.17) is 4.74 Å². The van der Waals surface area contributed by atoms with E-state index in [1.165, 1.54) is 34.5 Å². The molecule has 182 valence electrons. The zero-order valence-corrected chi connectivity index (χ0v) is 19.0. The fourth-order valence-electron chi connectivity index (χ4n) is 3.39. The maximum atomic E-state index is 12.6. The second kappa shape index (κ2) is 9.73. The van der Waals surface area contributed by atoms with Gasteiger partial charge in [0.05, 0.1) is 12.8 Å². The van der Waals surface area contributed by atoms with E-state index in [-0.39, 0.29) is 41.8 Å². The highest BCUT2D eigenvalue weighted by Gasteiger charge is 2.20. The standard InChI is InChI=1S/C23H24N6O6/c1-13-3-7-17(8-4-13)35-12-16(31)11-29-19-20(28(2)23(34)26-21(19)33)25-22(29)27-24-10-14-5-6-15(30)9-18(14)32/h3-10,16,30-32H,11-12H2,1-2H3,(H,25,27)(H,26,33,34). The Kier molecular flexibility index (Phi) is 6.55. The summed E-state index contributed by atoms with van der Waals surface area (Å²) in [7, 11) is 1.45. The van der Waals surface area contributed by atoms with Gasteiger partial charge in [-0.05, 0) is 31.2 Å². The average Bonchev–Trinajstić information content (AvgIpc) is 3.17. The number of aryl methyl sites for hydroxylation is 2. The molecule has 0 amide bonds. The number of aliphatic hydroxyl groups excluding tert-OH is 1. The van der Waals surface area contributed by atoms with E-state index >= 15 is 0 Å². The third-order valence-corrected chi connectivity index (χ3v) is 5.25. The fraction of sp³-hybridized carbons (Fsp3) is 0.217. The number of nitrogens with one attached hydrogen (secondary N) is 2. The zero-order chi connectivity index (χ0) is 25.1. The van der Waals surface area contributed by atoms with Crippen molar-refractivity contribution in [2.75, 3.05) is 12.0 Å². The summed E-state index contributed by atoms with van der Waals surface area (Å²) in [6, 6.07) is 11.4. The number of aromatic hydroxyl groups is 2. The molecule has 2 heterocycles. The van der Waals surface area contributed by atoms with E-state index in [2.05, 4.69) is 20.5 Å². The maximum absolute atomic E-state index is 12.6. The number of phenols is 2. The molecule has 12 heteroatoms. The van der Waals surface area contributed by atoms with Gasteiger partial charge in [0.25, 0.3) is 5.56 Å². The van der Waals surface area contributed by atoms with Crippen molar-refractivity contribution < 1.29 is 20.1 Å². The lowest BCUT2D eigenvalue weighted by molar-refractivity contribution is 0.0938. The summed E-state index contributed by atoms with van der Waals surface area (Å²) in [5.74, 6) is 0.376. The monoisotopic (exact) mass is 480 g/mol. The number of nitrogens with zero attached hydrogens (tertiary/aromatic N) is 4. The number of rotatable bonds is 8. The first-order valence-electron chi connectivity index (χ1n) is 10.6. The Morgan fingerprint density at radius 1 is 1.20 bits per heavy atom. The molecule has 0 aliphatic rings. The fourth-order valence-corrected chi connectivity index (χ4v) is 3.39. The number of benzene rings is 2. The van der Waals surface area contributed by atoms with Crippen LogP contribution in [0.2, 0.25) is 0 Å². The molecule has 0 aliphatic heterocycles. The van der Waals surface area contributed by atoms with Gasteiger partial charge >= 0.3 is 5.69 Å². The highest BCUT2D eigenvalue weighted by Crippen LogP contribution is 2.21. The molecule has 12 nitrogen and oxygen atoms in total. The molecule has 0 radical (unpaired) electrons. The molecule has 2 aromatic heterocycles. The smallest absolute Gasteiger partial charge is 0.329 e. The number of imidazole rings is 1. The molecule has 2 aromatic carbocycles. The number of aromatic nitrogens is 4. The number of anilines is 1. The minimum absolute atomic E-state index is 0.0590. The van der Waals surface area contributed by atoms with Crippen molar-refractivity contribution in [1.29, 1.82) is 0 Å². The predicted molar refractivity (Wildman–Crippen MR) is 129 cm³/mol. The molecule has 4 rings (SSSR count). The third kappa shape index (κ3) is 5.17. The van der Waals surface area contributed by atoms with E-state index in [1.54, 1.807) is 12.1 Å². The van der Waals surface area contributed by atoms with Crippen molar-refractivity contribution in [2.45, 2.75) is 19.6 Å². The molecule has 4 aromatic rings. The Labute approximate surface area is 198 Å². The van der Waals surface area contributed by atoms with Crippen LogP contribution in [0.3, 0.4) is 0 Å². The number of fused-ring (bicyclic) bond motifs is 1. The first-order chi connectivity index (χ1) is 16.7. The predicted octanol–water partition coefficient (Wildman–Crippen LogP) is 1.03. The average molecular weight is 480 g/mol. The number of aromatic amines is 1. The molecular weight excluding hydrogens is 456 g/mol. The molecule has 1 atom stereocenters. The van der Waals surface area contributed by atoms with Crippen LogP contribution in [-0.2, 0) is 13.6 Å². The number of hydrogen-bond acceptors (Lipinski definition) is 9. The maximum Gasteiger partial charge on any atom is 0.329 e. The Bertz CT molecular complexity index is 1500. The van der Waals surface area contributed by atoms with Gasteiger partial charge in [-0.25, -0.2) is 10.2 Å². The van der Waals surface area contributed by atoms with Crippen LogP contribution in [0.4, 0.5) is 5.95 Å². The lowest BCUT2D eigenvalue weighted by atomic mass is 10.2. The van der Waals surface area contributed by atoms with Crippen LogP contribution >= 0.6 is 0 Å². The van der Waals surface area contributed by atoms with Crippen LogP contribution < -0.4 is 21.4 Å². The number of phenolic OH excluding ortho intramolecular Hbond substituents is 2. The summed E-state index contributed by atoms with van der Waals surface area (Å²) >= 11 is 0. The van der Waals surface area contributed by atoms with Gasteiger partial charge in [0, 0.05) is 18.7 Å². The Morgan fingerprint density at radius 2 is 1.94 bits per heavy atom. The first-order valence-corrected chi connectivity index (χ1v) is 10.6. The second-order valence-electron chi connectivity index (χ2n) is 7.93. The molecule has 0 saturated carbocycles. The van der Waals surface area contributed by atoms with Crippen LogP contribution in [0.15, 0.2) is 57.2 Å². The summed E-state index contributed by atoms with van der Waals surface area (Å²) in [6.07, 6.45) is 0.259. The van der Waals surface area contributed by atoms with Gasteiger partial charge in [0.2, 0.25) is 5.95 Å². The van der Waals surface area contributed by atoms with E-state index in [0.717, 1.165) is 11.6 Å². The lowest BCUT2D eigenvalue weighted by Gasteiger charge is -2.15. The molecule has 35 heavy (non-hydrogen) atoms. The van der Waals surface area contributed by atoms with E-state index in [0.29, 0.717) is 11.3 Å². The molecule has 0 bridgehead atoms. The van der Waals surface area contributed by atoms with Crippen LogP contribution in [0, 0.1) is 6.92 Å². The van der Waals surface area contributed by atoms with Crippen molar-refractivity contribution >= 4 is 23.3 Å². The molecule has 1 unspecified atom stereocenters. The van der Waals surface area contributed by atoms with Crippen molar-refractivity contribution in [3.05, 3.63) is 74.4 Å². The van der Waals surface area contributed by atoms with Crippen molar-refractivity contribution in [2.24, 2.45) is 12.1 Å². The largest absolute Gasteiger partial charge is 0.508 e. The molecular formula is C23H24N6O6. The van der Waals surface area contributed by atoms with Crippen molar-refractivity contribution in [1.82, 2.24) is 19.1 Å². The molecule has 0 aliphatic carbocycles. The molecule has 0 spiro atoms. The Morgan fingerprint density at radius 3 is 2.66 bits per heavy atom. The Balaban J connectivity index is 1.62. The summed E-state index contributed by atoms with van der Waals surface area (Å²) in [4.78, 5) is 31.2. The first kappa shape index (κ1) is 23.6. The van der Waals surface area contributed by atoms with Crippen LogP contribution in [0.5, 0.6) is 17.2 Å². The van der Waals surface area contributed by atoms with Crippen LogP contribution in [-0.4, -0.2) is 53.3 Å². The molecule has 0 fully saturated rings. The summed E-state index contributed by atoms with van der Waals surface area (Å²) in [5.41, 5.74) is 2.91. The minimum atomic E-state index is -1.03. The summed E-state index contributed by atoms with van der Waals surface area (Å²) < 4.78 is 8.20. The normalized spacial score (nSPS) is 12.3. The third-order valence-electron chi connectivity index (χ3n) is 5.25. The molecule has 0 saturated heterocycles. The second-order valence-corrected chi connectivity index (χ2v) is 7.93. The topological polar surface area (TPSA) is 167 Å². The number of hydrogen-bond donors (Lipinski definition) is 5. The lowest BCUT2D eigenvalue weighted by Crippen LogP contribution is -2.30. The number of hydrazone groups is 1. The summed E-state index contributed by atoms with van der Waals surface area (Å²) in [6.45, 7) is 1.80. The van der Waals surface area contributed by atoms with Crippen LogP contribution in [0.1, 0.15) is 11.1 Å². The highest BCUT2D eigenvalue weighted by atomic mass is 16.5. The highest BCUT2D eigenvalue weighted by molar-refractivity contribution is 5.84. The van der Waals surface area contributed by atoms with Gasteiger partial charge in [0.1, 0.15) is 30.0 Å². The zero-order valence-electron chi connectivity index (χ0n) is 19.0.